The molecule has 4 unspecified atom stereocenters. The molecule has 0 aliphatic heterocycles. The predicted octanol–water partition coefficient (Wildman–Crippen LogP) is 5.18. The SMILES string of the molecule is C=CCCC(NC(=O)OCC1c2ccccc2-c2ccccc21)C(=O)OCC(COCc1ccccc1)NC(=O)C(CC=C)CC(=O)NC(C)CO. The molecule has 276 valence electrons. The number of aliphatic hydroxyl groups is 1. The van der Waals surface area contributed by atoms with Crippen LogP contribution in [0, 0.1) is 5.92 Å². The summed E-state index contributed by atoms with van der Waals surface area (Å²) in [6.07, 6.45) is 3.15. The van der Waals surface area contributed by atoms with Gasteiger partial charge in [0.15, 0.2) is 0 Å². The molecule has 4 atom stereocenters. The number of rotatable bonds is 21. The number of carbonyl (C=O) groups is 4. The van der Waals surface area contributed by atoms with Gasteiger partial charge in [0.05, 0.1) is 31.8 Å². The Morgan fingerprint density at radius 2 is 1.48 bits per heavy atom. The molecule has 11 heteroatoms. The van der Waals surface area contributed by atoms with E-state index in [4.69, 9.17) is 14.2 Å². The fraction of sp³-hybridized carbons (Fsp3) is 0.366. The smallest absolute Gasteiger partial charge is 0.407 e. The lowest BCUT2D eigenvalue weighted by molar-refractivity contribution is -0.148. The standard InChI is InChI=1S/C41H49N3O8/c1-4-6-21-37(44-41(49)52-27-36-34-19-12-10-17-32(34)33-18-11-13-20-35(33)36)40(48)51-26-31(25-50-24-29-15-8-7-9-16-29)43-39(47)30(14-5-2)22-38(46)42-28(3)23-45/h4-5,7-13,15-20,28,30-31,36-37,45H,1-2,6,14,21-27H2,3H3,(H,42,46)(H,43,47)(H,44,49). The molecular weight excluding hydrogens is 662 g/mol. The van der Waals surface area contributed by atoms with Crippen molar-refractivity contribution in [1.29, 1.82) is 0 Å². The van der Waals surface area contributed by atoms with Gasteiger partial charge in [-0.2, -0.15) is 0 Å². The lowest BCUT2D eigenvalue weighted by atomic mass is 9.98. The van der Waals surface area contributed by atoms with Crippen molar-refractivity contribution in [3.05, 3.63) is 121 Å². The zero-order valence-electron chi connectivity index (χ0n) is 29.6. The van der Waals surface area contributed by atoms with E-state index in [1.807, 2.05) is 78.9 Å². The number of allylic oxidation sites excluding steroid dienone is 2. The fourth-order valence-corrected chi connectivity index (χ4v) is 6.03. The third-order valence-electron chi connectivity index (χ3n) is 8.72. The molecule has 0 heterocycles. The molecule has 3 aromatic carbocycles. The summed E-state index contributed by atoms with van der Waals surface area (Å²) in [6, 6.07) is 23.2. The van der Waals surface area contributed by atoms with Crippen molar-refractivity contribution in [2.75, 3.05) is 26.4 Å². The molecule has 0 fully saturated rings. The number of benzene rings is 3. The van der Waals surface area contributed by atoms with Crippen LogP contribution in [0.5, 0.6) is 0 Å². The lowest BCUT2D eigenvalue weighted by Gasteiger charge is -2.24. The summed E-state index contributed by atoms with van der Waals surface area (Å²) < 4.78 is 17.2. The second-order valence-corrected chi connectivity index (χ2v) is 12.8. The van der Waals surface area contributed by atoms with Crippen LogP contribution >= 0.6 is 0 Å². The maximum absolute atomic E-state index is 13.4. The number of nitrogens with one attached hydrogen (secondary N) is 3. The molecule has 1 aliphatic rings. The van der Waals surface area contributed by atoms with Crippen LogP contribution in [-0.2, 0) is 35.2 Å². The number of hydrogen-bond donors (Lipinski definition) is 4. The third-order valence-corrected chi connectivity index (χ3v) is 8.72. The Balaban J connectivity index is 1.38. The van der Waals surface area contributed by atoms with Crippen molar-refractivity contribution >= 4 is 23.9 Å². The Morgan fingerprint density at radius 3 is 2.12 bits per heavy atom. The van der Waals surface area contributed by atoms with Crippen LogP contribution in [0.15, 0.2) is 104 Å². The first kappa shape index (κ1) is 39.5. The van der Waals surface area contributed by atoms with Crippen LogP contribution in [0.2, 0.25) is 0 Å². The number of fused-ring (bicyclic) bond motifs is 3. The first-order valence-corrected chi connectivity index (χ1v) is 17.6. The Hall–Kier alpha value is -5.26. The summed E-state index contributed by atoms with van der Waals surface area (Å²) in [5.41, 5.74) is 5.25. The van der Waals surface area contributed by atoms with Crippen LogP contribution in [0.25, 0.3) is 11.1 Å². The van der Waals surface area contributed by atoms with Crippen LogP contribution in [-0.4, -0.2) is 73.5 Å². The Kier molecular flexibility index (Phi) is 15.6. The van der Waals surface area contributed by atoms with E-state index < -0.39 is 47.9 Å². The first-order chi connectivity index (χ1) is 25.2. The van der Waals surface area contributed by atoms with Crippen LogP contribution in [0.3, 0.4) is 0 Å². The van der Waals surface area contributed by atoms with Gasteiger partial charge in [-0.1, -0.05) is 91.0 Å². The highest BCUT2D eigenvalue weighted by Crippen LogP contribution is 2.44. The monoisotopic (exact) mass is 711 g/mol. The molecule has 52 heavy (non-hydrogen) atoms. The van der Waals surface area contributed by atoms with Crippen molar-refractivity contribution in [3.8, 4) is 11.1 Å². The van der Waals surface area contributed by atoms with Crippen molar-refractivity contribution < 1.29 is 38.5 Å². The Labute approximate surface area is 305 Å². The molecule has 0 saturated carbocycles. The van der Waals surface area contributed by atoms with Gasteiger partial charge < -0.3 is 35.3 Å². The van der Waals surface area contributed by atoms with Gasteiger partial charge in [0.1, 0.15) is 19.3 Å². The van der Waals surface area contributed by atoms with Gasteiger partial charge in [-0.25, -0.2) is 9.59 Å². The molecular formula is C41H49N3O8. The minimum Gasteiger partial charge on any atom is -0.462 e. The summed E-state index contributed by atoms with van der Waals surface area (Å²) in [6.45, 7) is 8.94. The van der Waals surface area contributed by atoms with E-state index in [1.165, 1.54) is 0 Å². The molecule has 4 rings (SSSR count). The van der Waals surface area contributed by atoms with Crippen LogP contribution < -0.4 is 16.0 Å². The van der Waals surface area contributed by atoms with Crippen LogP contribution in [0.4, 0.5) is 4.79 Å². The number of hydrogen-bond acceptors (Lipinski definition) is 8. The first-order valence-electron chi connectivity index (χ1n) is 17.6. The normalized spacial score (nSPS) is 14.0. The zero-order chi connectivity index (χ0) is 37.3. The van der Waals surface area contributed by atoms with Gasteiger partial charge in [-0.05, 0) is 54.0 Å². The van der Waals surface area contributed by atoms with E-state index in [0.29, 0.717) is 6.42 Å². The number of amides is 3. The van der Waals surface area contributed by atoms with E-state index in [-0.39, 0.29) is 58.2 Å². The second kappa shape index (κ2) is 20.6. The highest BCUT2D eigenvalue weighted by atomic mass is 16.6. The quantitative estimate of drug-likeness (QED) is 0.0872. The molecule has 4 N–H and O–H groups in total. The van der Waals surface area contributed by atoms with Crippen molar-refractivity contribution in [1.82, 2.24) is 16.0 Å². The van der Waals surface area contributed by atoms with Crippen LogP contribution in [0.1, 0.15) is 55.2 Å². The number of carbonyl (C=O) groups excluding carboxylic acids is 4. The molecule has 0 spiro atoms. The summed E-state index contributed by atoms with van der Waals surface area (Å²) in [4.78, 5) is 52.4. The molecule has 0 bridgehead atoms. The maximum Gasteiger partial charge on any atom is 0.407 e. The molecule has 1 aliphatic carbocycles. The maximum atomic E-state index is 13.4. The number of esters is 1. The van der Waals surface area contributed by atoms with E-state index in [2.05, 4.69) is 29.1 Å². The molecule has 3 aromatic rings. The minimum absolute atomic E-state index is 0.000399. The van der Waals surface area contributed by atoms with E-state index in [1.54, 1.807) is 19.1 Å². The van der Waals surface area contributed by atoms with E-state index in [9.17, 15) is 24.3 Å². The van der Waals surface area contributed by atoms with Gasteiger partial charge in [-0.15, -0.1) is 13.2 Å². The topological polar surface area (TPSA) is 152 Å². The number of alkyl carbamates (subject to hydrolysis) is 1. The predicted molar refractivity (Wildman–Crippen MR) is 198 cm³/mol. The van der Waals surface area contributed by atoms with Gasteiger partial charge in [0.2, 0.25) is 11.8 Å². The zero-order valence-corrected chi connectivity index (χ0v) is 29.6. The molecule has 0 saturated heterocycles. The van der Waals surface area contributed by atoms with E-state index in [0.717, 1.165) is 27.8 Å². The highest BCUT2D eigenvalue weighted by molar-refractivity contribution is 5.86. The van der Waals surface area contributed by atoms with Crippen molar-refractivity contribution in [3.63, 3.8) is 0 Å². The summed E-state index contributed by atoms with van der Waals surface area (Å²) in [5.74, 6) is -2.46. The number of aliphatic hydroxyl groups excluding tert-OH is 1. The van der Waals surface area contributed by atoms with Crippen molar-refractivity contribution in [2.24, 2.45) is 5.92 Å². The fourth-order valence-electron chi connectivity index (χ4n) is 6.03. The van der Waals surface area contributed by atoms with Gasteiger partial charge in [-0.3, -0.25) is 9.59 Å². The number of ether oxygens (including phenoxy) is 3. The highest BCUT2D eigenvalue weighted by Gasteiger charge is 2.31. The largest absolute Gasteiger partial charge is 0.462 e. The van der Waals surface area contributed by atoms with E-state index >= 15 is 0 Å². The molecule has 0 radical (unpaired) electrons. The summed E-state index contributed by atoms with van der Waals surface area (Å²) >= 11 is 0. The summed E-state index contributed by atoms with van der Waals surface area (Å²) in [5, 5.41) is 17.5. The van der Waals surface area contributed by atoms with Gasteiger partial charge in [0.25, 0.3) is 0 Å². The Morgan fingerprint density at radius 1 is 0.827 bits per heavy atom. The Bertz CT molecular complexity index is 1620. The van der Waals surface area contributed by atoms with Gasteiger partial charge in [0, 0.05) is 18.4 Å². The third kappa shape index (κ3) is 11.6. The average Bonchev–Trinajstić information content (AvgIpc) is 3.47. The lowest BCUT2D eigenvalue weighted by Crippen LogP contribution is -2.48. The average molecular weight is 712 g/mol. The van der Waals surface area contributed by atoms with Crippen molar-refractivity contribution in [2.45, 2.75) is 63.3 Å². The second-order valence-electron chi connectivity index (χ2n) is 12.8. The molecule has 3 amide bonds. The molecule has 0 aromatic heterocycles. The summed E-state index contributed by atoms with van der Waals surface area (Å²) in [7, 11) is 0. The van der Waals surface area contributed by atoms with Gasteiger partial charge >= 0.3 is 12.1 Å². The molecule has 11 nitrogen and oxygen atoms in total. The minimum atomic E-state index is -1.04.